The standard InChI is InChI=1S/C13H26N2O6/c1-2-3-4-8-13(10-7-12-21-15(18)19)9-5-6-11-20-14(16)17/h13H,2-12H2,1H3. The van der Waals surface area contributed by atoms with E-state index in [0.717, 1.165) is 38.5 Å². The minimum Gasteiger partial charge on any atom is -0.314 e. The van der Waals surface area contributed by atoms with Crippen molar-refractivity contribution < 1.29 is 19.8 Å². The molecule has 1 unspecified atom stereocenters. The van der Waals surface area contributed by atoms with Gasteiger partial charge in [-0.2, -0.15) is 0 Å². The van der Waals surface area contributed by atoms with Crippen LogP contribution in [0.1, 0.15) is 64.7 Å². The lowest BCUT2D eigenvalue weighted by molar-refractivity contribution is -0.757. The van der Waals surface area contributed by atoms with Crippen LogP contribution in [0, 0.1) is 26.1 Å². The van der Waals surface area contributed by atoms with E-state index in [9.17, 15) is 20.2 Å². The summed E-state index contributed by atoms with van der Waals surface area (Å²) in [5.74, 6) is 0.502. The summed E-state index contributed by atoms with van der Waals surface area (Å²) in [6.07, 6.45) is 8.68. The zero-order valence-electron chi connectivity index (χ0n) is 12.7. The molecule has 124 valence electrons. The Balaban J connectivity index is 3.79. The van der Waals surface area contributed by atoms with E-state index in [4.69, 9.17) is 0 Å². The molecule has 0 saturated heterocycles. The summed E-state index contributed by atoms with van der Waals surface area (Å²) in [6.45, 7) is 2.43. The first-order valence-electron chi connectivity index (χ1n) is 7.60. The maximum Gasteiger partial charge on any atom is 0.294 e. The summed E-state index contributed by atoms with van der Waals surface area (Å²) in [4.78, 5) is 28.7. The largest absolute Gasteiger partial charge is 0.314 e. The summed E-state index contributed by atoms with van der Waals surface area (Å²) < 4.78 is 0. The molecule has 0 aromatic carbocycles. The maximum atomic E-state index is 10.1. The van der Waals surface area contributed by atoms with Gasteiger partial charge in [-0.15, -0.1) is 20.2 Å². The van der Waals surface area contributed by atoms with Gasteiger partial charge in [0.2, 0.25) is 0 Å². The second kappa shape index (κ2) is 13.4. The molecule has 0 aromatic rings. The third-order valence-corrected chi connectivity index (χ3v) is 3.37. The summed E-state index contributed by atoms with van der Waals surface area (Å²) in [7, 11) is 0. The number of rotatable bonds is 15. The van der Waals surface area contributed by atoms with E-state index in [1.165, 1.54) is 6.42 Å². The van der Waals surface area contributed by atoms with Crippen LogP contribution in [0.5, 0.6) is 0 Å². The lowest BCUT2D eigenvalue weighted by Crippen LogP contribution is -2.07. The Kier molecular flexibility index (Phi) is 12.4. The van der Waals surface area contributed by atoms with E-state index < -0.39 is 10.2 Å². The van der Waals surface area contributed by atoms with Crippen molar-refractivity contribution >= 4 is 0 Å². The van der Waals surface area contributed by atoms with Gasteiger partial charge >= 0.3 is 0 Å². The lowest BCUT2D eigenvalue weighted by atomic mass is 9.91. The van der Waals surface area contributed by atoms with Crippen molar-refractivity contribution in [2.75, 3.05) is 13.2 Å². The van der Waals surface area contributed by atoms with E-state index in [1.807, 2.05) is 0 Å². The van der Waals surface area contributed by atoms with E-state index in [2.05, 4.69) is 16.6 Å². The highest BCUT2D eigenvalue weighted by atomic mass is 17.0. The Morgan fingerprint density at radius 1 is 0.810 bits per heavy atom. The molecule has 0 aliphatic heterocycles. The molecule has 1 atom stereocenters. The summed E-state index contributed by atoms with van der Waals surface area (Å²) >= 11 is 0. The van der Waals surface area contributed by atoms with Gasteiger partial charge in [-0.3, -0.25) is 0 Å². The lowest BCUT2D eigenvalue weighted by Gasteiger charge is -2.16. The fourth-order valence-corrected chi connectivity index (χ4v) is 2.30. The summed E-state index contributed by atoms with van der Waals surface area (Å²) in [5.41, 5.74) is 0. The van der Waals surface area contributed by atoms with Crippen molar-refractivity contribution in [3.63, 3.8) is 0 Å². The molecular weight excluding hydrogens is 280 g/mol. The second-order valence-electron chi connectivity index (χ2n) is 5.11. The Bertz CT molecular complexity index is 288. The second-order valence-corrected chi connectivity index (χ2v) is 5.11. The molecule has 0 aliphatic carbocycles. The van der Waals surface area contributed by atoms with Crippen LogP contribution in [0.3, 0.4) is 0 Å². The van der Waals surface area contributed by atoms with Gasteiger partial charge in [0.1, 0.15) is 0 Å². The van der Waals surface area contributed by atoms with Gasteiger partial charge in [-0.05, 0) is 25.2 Å². The normalized spacial score (nSPS) is 11.9. The highest BCUT2D eigenvalue weighted by molar-refractivity contribution is 4.60. The average molecular weight is 306 g/mol. The van der Waals surface area contributed by atoms with Gasteiger partial charge < -0.3 is 9.68 Å². The molecule has 0 heterocycles. The maximum absolute atomic E-state index is 10.1. The molecule has 0 bridgehead atoms. The zero-order chi connectivity index (χ0) is 15.9. The van der Waals surface area contributed by atoms with Gasteiger partial charge in [0.15, 0.2) is 0 Å². The van der Waals surface area contributed by atoms with E-state index in [1.54, 1.807) is 0 Å². The first-order chi connectivity index (χ1) is 10.1. The Labute approximate surface area is 125 Å². The van der Waals surface area contributed by atoms with Crippen molar-refractivity contribution in [3.8, 4) is 0 Å². The van der Waals surface area contributed by atoms with Crippen LogP contribution in [0.4, 0.5) is 0 Å². The molecule has 0 rings (SSSR count). The number of unbranched alkanes of at least 4 members (excludes halogenated alkanes) is 3. The zero-order valence-corrected chi connectivity index (χ0v) is 12.7. The highest BCUT2D eigenvalue weighted by Gasteiger charge is 2.09. The van der Waals surface area contributed by atoms with Gasteiger partial charge in [-0.25, -0.2) is 0 Å². The van der Waals surface area contributed by atoms with Crippen molar-refractivity contribution in [3.05, 3.63) is 20.2 Å². The number of nitrogens with zero attached hydrogens (tertiary/aromatic N) is 2. The van der Waals surface area contributed by atoms with Crippen molar-refractivity contribution in [2.45, 2.75) is 64.7 Å². The van der Waals surface area contributed by atoms with Gasteiger partial charge in [0.25, 0.3) is 10.2 Å². The fourth-order valence-electron chi connectivity index (χ4n) is 2.30. The smallest absolute Gasteiger partial charge is 0.294 e. The highest BCUT2D eigenvalue weighted by Crippen LogP contribution is 2.22. The average Bonchev–Trinajstić information content (AvgIpc) is 2.42. The Hall–Kier alpha value is -1.60. The minimum atomic E-state index is -0.770. The summed E-state index contributed by atoms with van der Waals surface area (Å²) in [5, 5.41) is 18.5. The summed E-state index contributed by atoms with van der Waals surface area (Å²) in [6, 6.07) is 0. The Morgan fingerprint density at radius 3 is 1.81 bits per heavy atom. The van der Waals surface area contributed by atoms with Crippen LogP contribution in [0.25, 0.3) is 0 Å². The molecule has 8 heteroatoms. The predicted molar refractivity (Wildman–Crippen MR) is 76.6 cm³/mol. The van der Waals surface area contributed by atoms with Crippen LogP contribution >= 0.6 is 0 Å². The fraction of sp³-hybridized carbons (Fsp3) is 1.00. The number of hydrogen-bond donors (Lipinski definition) is 0. The van der Waals surface area contributed by atoms with Gasteiger partial charge in [-0.1, -0.05) is 45.4 Å². The molecule has 0 amide bonds. The van der Waals surface area contributed by atoms with Crippen LogP contribution in [-0.4, -0.2) is 23.4 Å². The molecule has 0 N–H and O–H groups in total. The molecule has 0 fully saturated rings. The molecule has 0 radical (unpaired) electrons. The third kappa shape index (κ3) is 14.6. The molecule has 21 heavy (non-hydrogen) atoms. The van der Waals surface area contributed by atoms with Gasteiger partial charge in [0, 0.05) is 0 Å². The predicted octanol–water partition coefficient (Wildman–Crippen LogP) is 3.55. The molecule has 0 saturated carbocycles. The molecule has 0 aliphatic rings. The minimum absolute atomic E-state index is 0.138. The van der Waals surface area contributed by atoms with E-state index >= 15 is 0 Å². The van der Waals surface area contributed by atoms with Crippen molar-refractivity contribution in [1.82, 2.24) is 0 Å². The van der Waals surface area contributed by atoms with Crippen LogP contribution in [0.15, 0.2) is 0 Å². The molecule has 0 aromatic heterocycles. The van der Waals surface area contributed by atoms with Crippen LogP contribution in [0.2, 0.25) is 0 Å². The number of hydrogen-bond acceptors (Lipinski definition) is 6. The third-order valence-electron chi connectivity index (χ3n) is 3.37. The van der Waals surface area contributed by atoms with Crippen LogP contribution in [-0.2, 0) is 9.68 Å². The monoisotopic (exact) mass is 306 g/mol. The van der Waals surface area contributed by atoms with Crippen molar-refractivity contribution in [1.29, 1.82) is 0 Å². The van der Waals surface area contributed by atoms with E-state index in [0.29, 0.717) is 18.8 Å². The van der Waals surface area contributed by atoms with E-state index in [-0.39, 0.29) is 13.2 Å². The first kappa shape index (κ1) is 19.4. The molecular formula is C13H26N2O6. The SMILES string of the molecule is CCCCCC(CCCCO[N+](=O)[O-])CCCO[N+](=O)[O-]. The van der Waals surface area contributed by atoms with Crippen molar-refractivity contribution in [2.24, 2.45) is 5.92 Å². The quantitative estimate of drug-likeness (QED) is 0.260. The first-order valence-corrected chi connectivity index (χ1v) is 7.60. The topological polar surface area (TPSA) is 105 Å². The molecule has 0 spiro atoms. The Morgan fingerprint density at radius 2 is 1.29 bits per heavy atom. The molecule has 8 nitrogen and oxygen atoms in total. The van der Waals surface area contributed by atoms with Gasteiger partial charge in [0.05, 0.1) is 13.2 Å². The van der Waals surface area contributed by atoms with Crippen LogP contribution < -0.4 is 0 Å².